The van der Waals surface area contributed by atoms with Crippen molar-refractivity contribution in [3.8, 4) is 11.4 Å². The van der Waals surface area contributed by atoms with E-state index in [9.17, 15) is 0 Å². The van der Waals surface area contributed by atoms with Gasteiger partial charge >= 0.3 is 0 Å². The molecule has 1 atom stereocenters. The summed E-state index contributed by atoms with van der Waals surface area (Å²) < 4.78 is 5.32. The molecule has 19 heavy (non-hydrogen) atoms. The molecule has 0 bridgehead atoms. The van der Waals surface area contributed by atoms with E-state index in [0.717, 1.165) is 18.5 Å². The van der Waals surface area contributed by atoms with Crippen molar-refractivity contribution in [3.63, 3.8) is 0 Å². The summed E-state index contributed by atoms with van der Waals surface area (Å²) in [5.74, 6) is 1.79. The molecule has 1 unspecified atom stereocenters. The van der Waals surface area contributed by atoms with Crippen molar-refractivity contribution in [1.29, 1.82) is 0 Å². The van der Waals surface area contributed by atoms with Crippen LogP contribution in [0.2, 0.25) is 0 Å². The number of hydrogen-bond acceptors (Lipinski definition) is 5. The van der Waals surface area contributed by atoms with Crippen LogP contribution in [0.4, 0.5) is 0 Å². The van der Waals surface area contributed by atoms with Crippen LogP contribution in [-0.4, -0.2) is 27.7 Å². The molecule has 0 amide bonds. The summed E-state index contributed by atoms with van der Waals surface area (Å²) >= 11 is 0. The average Bonchev–Trinajstić information content (AvgIpc) is 2.88. The molecular weight excluding hydrogens is 240 g/mol. The largest absolute Gasteiger partial charge is 0.339 e. The van der Waals surface area contributed by atoms with E-state index in [-0.39, 0.29) is 0 Å². The van der Waals surface area contributed by atoms with Crippen LogP contribution in [0.15, 0.2) is 29.0 Å². The van der Waals surface area contributed by atoms with Crippen molar-refractivity contribution in [2.45, 2.75) is 33.2 Å². The molecule has 0 aliphatic rings. The van der Waals surface area contributed by atoms with Crippen LogP contribution < -0.4 is 5.32 Å². The van der Waals surface area contributed by atoms with Crippen LogP contribution >= 0.6 is 0 Å². The quantitative estimate of drug-likeness (QED) is 0.863. The SMILES string of the molecule is CCNC(Cc1nc(-c2cccnc2)no1)C(C)C. The Morgan fingerprint density at radius 1 is 1.37 bits per heavy atom. The van der Waals surface area contributed by atoms with Gasteiger partial charge in [0.05, 0.1) is 0 Å². The molecule has 2 heterocycles. The van der Waals surface area contributed by atoms with Gasteiger partial charge in [0.25, 0.3) is 0 Å². The highest BCUT2D eigenvalue weighted by atomic mass is 16.5. The van der Waals surface area contributed by atoms with Crippen molar-refractivity contribution in [2.75, 3.05) is 6.54 Å². The second-order valence-corrected chi connectivity index (χ2v) is 4.87. The summed E-state index contributed by atoms with van der Waals surface area (Å²) in [5.41, 5.74) is 0.877. The molecule has 2 aromatic heterocycles. The van der Waals surface area contributed by atoms with E-state index in [2.05, 4.69) is 41.2 Å². The fraction of sp³-hybridized carbons (Fsp3) is 0.500. The number of likely N-dealkylation sites (N-methyl/N-ethyl adjacent to an activating group) is 1. The van der Waals surface area contributed by atoms with Crippen molar-refractivity contribution in [3.05, 3.63) is 30.4 Å². The zero-order valence-corrected chi connectivity index (χ0v) is 11.6. The molecule has 5 heteroatoms. The smallest absolute Gasteiger partial charge is 0.228 e. The molecule has 0 saturated carbocycles. The highest BCUT2D eigenvalue weighted by molar-refractivity contribution is 5.51. The number of aromatic nitrogens is 3. The summed E-state index contributed by atoms with van der Waals surface area (Å²) in [6.45, 7) is 7.41. The van der Waals surface area contributed by atoms with Gasteiger partial charge in [0.15, 0.2) is 0 Å². The topological polar surface area (TPSA) is 63.8 Å². The summed E-state index contributed by atoms with van der Waals surface area (Å²) in [6, 6.07) is 4.14. The lowest BCUT2D eigenvalue weighted by atomic mass is 10.0. The minimum Gasteiger partial charge on any atom is -0.339 e. The fourth-order valence-corrected chi connectivity index (χ4v) is 1.94. The Hall–Kier alpha value is -1.75. The van der Waals surface area contributed by atoms with E-state index in [1.807, 2.05) is 12.1 Å². The van der Waals surface area contributed by atoms with Gasteiger partial charge < -0.3 is 9.84 Å². The zero-order valence-electron chi connectivity index (χ0n) is 11.6. The van der Waals surface area contributed by atoms with Gasteiger partial charge in [-0.25, -0.2) is 0 Å². The predicted molar refractivity (Wildman–Crippen MR) is 73.5 cm³/mol. The Bertz CT molecular complexity index is 495. The monoisotopic (exact) mass is 260 g/mol. The Morgan fingerprint density at radius 3 is 2.84 bits per heavy atom. The van der Waals surface area contributed by atoms with E-state index >= 15 is 0 Å². The molecule has 2 rings (SSSR count). The van der Waals surface area contributed by atoms with E-state index < -0.39 is 0 Å². The summed E-state index contributed by atoms with van der Waals surface area (Å²) in [6.07, 6.45) is 4.21. The molecule has 0 fully saturated rings. The second-order valence-electron chi connectivity index (χ2n) is 4.87. The van der Waals surface area contributed by atoms with Gasteiger partial charge in [0.2, 0.25) is 11.7 Å². The van der Waals surface area contributed by atoms with Crippen LogP contribution in [0.25, 0.3) is 11.4 Å². The third-order valence-electron chi connectivity index (χ3n) is 3.05. The number of nitrogens with zero attached hydrogens (tertiary/aromatic N) is 3. The van der Waals surface area contributed by atoms with Gasteiger partial charge in [-0.05, 0) is 24.6 Å². The van der Waals surface area contributed by atoms with Crippen LogP contribution in [0.5, 0.6) is 0 Å². The maximum atomic E-state index is 5.32. The number of rotatable bonds is 6. The Labute approximate surface area is 113 Å². The van der Waals surface area contributed by atoms with Gasteiger partial charge in [-0.15, -0.1) is 0 Å². The maximum Gasteiger partial charge on any atom is 0.228 e. The first-order valence-corrected chi connectivity index (χ1v) is 6.67. The van der Waals surface area contributed by atoms with Crippen molar-refractivity contribution >= 4 is 0 Å². The Morgan fingerprint density at radius 2 is 2.21 bits per heavy atom. The van der Waals surface area contributed by atoms with Crippen molar-refractivity contribution in [2.24, 2.45) is 5.92 Å². The lowest BCUT2D eigenvalue weighted by Crippen LogP contribution is -2.35. The van der Waals surface area contributed by atoms with E-state index in [4.69, 9.17) is 4.52 Å². The molecule has 5 nitrogen and oxygen atoms in total. The summed E-state index contributed by atoms with van der Waals surface area (Å²) in [5, 5.41) is 7.44. The molecule has 0 aliphatic carbocycles. The standard InChI is InChI=1S/C14H20N4O/c1-4-16-12(10(2)3)8-13-17-14(18-19-13)11-6-5-7-15-9-11/h5-7,9-10,12,16H,4,8H2,1-3H3. The Balaban J connectivity index is 2.09. The van der Waals surface area contributed by atoms with Gasteiger partial charge in [-0.3, -0.25) is 4.98 Å². The van der Waals surface area contributed by atoms with E-state index in [1.165, 1.54) is 0 Å². The number of nitrogens with one attached hydrogen (secondary N) is 1. The maximum absolute atomic E-state index is 5.32. The fourth-order valence-electron chi connectivity index (χ4n) is 1.94. The first-order chi connectivity index (χ1) is 9.20. The summed E-state index contributed by atoms with van der Waals surface area (Å²) in [7, 11) is 0. The minimum absolute atomic E-state index is 0.354. The number of hydrogen-bond donors (Lipinski definition) is 1. The zero-order chi connectivity index (χ0) is 13.7. The third-order valence-corrected chi connectivity index (χ3v) is 3.05. The lowest BCUT2D eigenvalue weighted by Gasteiger charge is -2.19. The highest BCUT2D eigenvalue weighted by Crippen LogP contribution is 2.15. The molecule has 0 aliphatic heterocycles. The molecule has 0 aromatic carbocycles. The third kappa shape index (κ3) is 3.61. The van der Waals surface area contributed by atoms with E-state index in [0.29, 0.717) is 23.7 Å². The Kier molecular flexibility index (Phi) is 4.63. The van der Waals surface area contributed by atoms with Crippen LogP contribution in [0.1, 0.15) is 26.7 Å². The average molecular weight is 260 g/mol. The molecule has 0 saturated heterocycles. The minimum atomic E-state index is 0.354. The van der Waals surface area contributed by atoms with Gasteiger partial charge in [0, 0.05) is 30.4 Å². The second kappa shape index (κ2) is 6.43. The van der Waals surface area contributed by atoms with Gasteiger partial charge in [-0.1, -0.05) is 25.9 Å². The van der Waals surface area contributed by atoms with E-state index in [1.54, 1.807) is 12.4 Å². The number of pyridine rings is 1. The van der Waals surface area contributed by atoms with Crippen molar-refractivity contribution in [1.82, 2.24) is 20.4 Å². The van der Waals surface area contributed by atoms with Crippen LogP contribution in [0.3, 0.4) is 0 Å². The molecule has 0 radical (unpaired) electrons. The van der Waals surface area contributed by atoms with Gasteiger partial charge in [-0.2, -0.15) is 4.98 Å². The van der Waals surface area contributed by atoms with Crippen LogP contribution in [-0.2, 0) is 6.42 Å². The first-order valence-electron chi connectivity index (χ1n) is 6.67. The summed E-state index contributed by atoms with van der Waals surface area (Å²) in [4.78, 5) is 8.48. The van der Waals surface area contributed by atoms with Crippen LogP contribution in [0, 0.1) is 5.92 Å². The molecule has 0 spiro atoms. The first kappa shape index (κ1) is 13.7. The molecule has 1 N–H and O–H groups in total. The van der Waals surface area contributed by atoms with Gasteiger partial charge in [0.1, 0.15) is 0 Å². The normalized spacial score (nSPS) is 12.8. The molecule has 102 valence electrons. The molecule has 2 aromatic rings. The van der Waals surface area contributed by atoms with Crippen molar-refractivity contribution < 1.29 is 4.52 Å². The lowest BCUT2D eigenvalue weighted by molar-refractivity contribution is 0.329. The predicted octanol–water partition coefficient (Wildman–Crippen LogP) is 2.31. The highest BCUT2D eigenvalue weighted by Gasteiger charge is 2.17. The molecular formula is C14H20N4O.